The molecule has 2 rings (SSSR count). The van der Waals surface area contributed by atoms with Crippen LogP contribution in [0.1, 0.15) is 49.3 Å². The van der Waals surface area contributed by atoms with E-state index in [1.165, 1.54) is 0 Å². The molecule has 0 aromatic carbocycles. The number of hydrogen-bond donors (Lipinski definition) is 3. The van der Waals surface area contributed by atoms with E-state index in [-0.39, 0.29) is 24.2 Å². The van der Waals surface area contributed by atoms with Crippen molar-refractivity contribution < 1.29 is 9.90 Å². The van der Waals surface area contributed by atoms with Crippen LogP contribution in [0.5, 0.6) is 0 Å². The zero-order chi connectivity index (χ0) is 12.4. The summed E-state index contributed by atoms with van der Waals surface area (Å²) in [6.07, 6.45) is 1.13. The summed E-state index contributed by atoms with van der Waals surface area (Å²) >= 11 is 1.56. The Morgan fingerprint density at radius 1 is 1.53 bits per heavy atom. The molecule has 2 unspecified atom stereocenters. The molecular formula is C12H18N2O2S. The molecule has 0 spiro atoms. The van der Waals surface area contributed by atoms with E-state index in [4.69, 9.17) is 0 Å². The van der Waals surface area contributed by atoms with Gasteiger partial charge in [-0.2, -0.15) is 0 Å². The lowest BCUT2D eigenvalue weighted by molar-refractivity contribution is 0.151. The Morgan fingerprint density at radius 2 is 2.29 bits per heavy atom. The molecule has 1 aromatic rings. The molecule has 5 heteroatoms. The molecule has 17 heavy (non-hydrogen) atoms. The van der Waals surface area contributed by atoms with E-state index in [0.717, 1.165) is 16.9 Å². The average molecular weight is 254 g/mol. The minimum absolute atomic E-state index is 0.0263. The van der Waals surface area contributed by atoms with Crippen LogP contribution >= 0.6 is 11.3 Å². The maximum Gasteiger partial charge on any atom is 0.315 e. The van der Waals surface area contributed by atoms with E-state index >= 15 is 0 Å². The number of fused-ring (bicyclic) bond motifs is 1. The van der Waals surface area contributed by atoms with Gasteiger partial charge in [-0.3, -0.25) is 0 Å². The molecule has 0 fully saturated rings. The highest BCUT2D eigenvalue weighted by molar-refractivity contribution is 7.10. The van der Waals surface area contributed by atoms with Crippen molar-refractivity contribution in [2.75, 3.05) is 0 Å². The Labute approximate surface area is 105 Å². The standard InChI is InChI=1S/C12H18N2O2S/c1-7(2)13-12(16)14-9-3-4-10(15)11-8(9)5-6-17-11/h5-7,9-10,15H,3-4H2,1-2H3,(H2,13,14,16). The topological polar surface area (TPSA) is 61.4 Å². The predicted octanol–water partition coefficient (Wildman–Crippen LogP) is 2.32. The molecule has 94 valence electrons. The molecule has 1 heterocycles. The van der Waals surface area contributed by atoms with Gasteiger partial charge >= 0.3 is 6.03 Å². The van der Waals surface area contributed by atoms with Gasteiger partial charge in [0, 0.05) is 10.9 Å². The first-order chi connectivity index (χ1) is 8.08. The smallest absolute Gasteiger partial charge is 0.315 e. The maximum atomic E-state index is 11.7. The van der Waals surface area contributed by atoms with E-state index in [2.05, 4.69) is 10.6 Å². The van der Waals surface area contributed by atoms with Crippen molar-refractivity contribution in [3.05, 3.63) is 21.9 Å². The number of urea groups is 1. The lowest BCUT2D eigenvalue weighted by Gasteiger charge is -2.27. The van der Waals surface area contributed by atoms with E-state index in [1.807, 2.05) is 25.3 Å². The molecule has 0 saturated heterocycles. The van der Waals surface area contributed by atoms with Gasteiger partial charge in [0.1, 0.15) is 0 Å². The van der Waals surface area contributed by atoms with E-state index in [1.54, 1.807) is 11.3 Å². The number of aliphatic hydroxyl groups excluding tert-OH is 1. The molecule has 0 bridgehead atoms. The molecule has 3 N–H and O–H groups in total. The number of hydrogen-bond acceptors (Lipinski definition) is 3. The Morgan fingerprint density at radius 3 is 3.00 bits per heavy atom. The van der Waals surface area contributed by atoms with Crippen LogP contribution < -0.4 is 10.6 Å². The molecule has 0 saturated carbocycles. The van der Waals surface area contributed by atoms with Crippen molar-refractivity contribution in [3.63, 3.8) is 0 Å². The van der Waals surface area contributed by atoms with E-state index in [0.29, 0.717) is 6.42 Å². The SMILES string of the molecule is CC(C)NC(=O)NC1CCC(O)c2sccc21. The summed E-state index contributed by atoms with van der Waals surface area (Å²) in [5.74, 6) is 0. The van der Waals surface area contributed by atoms with Gasteiger partial charge in [0.15, 0.2) is 0 Å². The molecule has 1 aromatic heterocycles. The first-order valence-corrected chi connectivity index (χ1v) is 6.78. The van der Waals surface area contributed by atoms with E-state index < -0.39 is 0 Å². The van der Waals surface area contributed by atoms with Gasteiger partial charge in [-0.1, -0.05) is 0 Å². The van der Waals surface area contributed by atoms with Crippen LogP contribution in [0.2, 0.25) is 0 Å². The van der Waals surface area contributed by atoms with Crippen molar-refractivity contribution in [1.29, 1.82) is 0 Å². The molecule has 2 atom stereocenters. The highest BCUT2D eigenvalue weighted by Gasteiger charge is 2.28. The van der Waals surface area contributed by atoms with Crippen LogP contribution in [0.25, 0.3) is 0 Å². The zero-order valence-electron chi connectivity index (χ0n) is 10.1. The number of carbonyl (C=O) groups excluding carboxylic acids is 1. The predicted molar refractivity (Wildman–Crippen MR) is 68.1 cm³/mol. The largest absolute Gasteiger partial charge is 0.388 e. The van der Waals surface area contributed by atoms with Crippen LogP contribution in [-0.2, 0) is 0 Å². The fourth-order valence-electron chi connectivity index (χ4n) is 2.11. The second-order valence-corrected chi connectivity index (χ2v) is 5.61. The van der Waals surface area contributed by atoms with Crippen molar-refractivity contribution in [3.8, 4) is 0 Å². The van der Waals surface area contributed by atoms with Crippen molar-refractivity contribution in [2.45, 2.75) is 44.9 Å². The molecule has 1 aliphatic carbocycles. The Balaban J connectivity index is 2.05. The first-order valence-electron chi connectivity index (χ1n) is 5.90. The van der Waals surface area contributed by atoms with Crippen LogP contribution in [0.3, 0.4) is 0 Å². The van der Waals surface area contributed by atoms with Crippen molar-refractivity contribution in [2.24, 2.45) is 0 Å². The molecule has 0 aliphatic heterocycles. The monoisotopic (exact) mass is 254 g/mol. The third kappa shape index (κ3) is 2.79. The molecule has 4 nitrogen and oxygen atoms in total. The molecule has 0 radical (unpaired) electrons. The third-order valence-electron chi connectivity index (χ3n) is 2.86. The van der Waals surface area contributed by atoms with Crippen molar-refractivity contribution >= 4 is 17.4 Å². The summed E-state index contributed by atoms with van der Waals surface area (Å²) < 4.78 is 0. The number of rotatable bonds is 2. The normalized spacial score (nSPS) is 23.3. The minimum Gasteiger partial charge on any atom is -0.388 e. The van der Waals surface area contributed by atoms with Gasteiger partial charge in [0.2, 0.25) is 0 Å². The summed E-state index contributed by atoms with van der Waals surface area (Å²) in [7, 11) is 0. The van der Waals surface area contributed by atoms with Crippen LogP contribution in [-0.4, -0.2) is 17.2 Å². The highest BCUT2D eigenvalue weighted by atomic mass is 32.1. The van der Waals surface area contributed by atoms with Crippen LogP contribution in [0.15, 0.2) is 11.4 Å². The quantitative estimate of drug-likeness (QED) is 0.758. The molecule has 2 amide bonds. The maximum absolute atomic E-state index is 11.7. The van der Waals surface area contributed by atoms with Gasteiger partial charge in [-0.25, -0.2) is 4.79 Å². The summed E-state index contributed by atoms with van der Waals surface area (Å²) in [6, 6.07) is 2.01. The summed E-state index contributed by atoms with van der Waals surface area (Å²) in [4.78, 5) is 12.6. The number of thiophene rings is 1. The first kappa shape index (κ1) is 12.4. The van der Waals surface area contributed by atoms with Gasteiger partial charge in [0.25, 0.3) is 0 Å². The number of aliphatic hydroxyl groups is 1. The fourth-order valence-corrected chi connectivity index (χ4v) is 3.10. The van der Waals surface area contributed by atoms with Crippen molar-refractivity contribution in [1.82, 2.24) is 10.6 Å². The van der Waals surface area contributed by atoms with Gasteiger partial charge in [0.05, 0.1) is 12.1 Å². The number of carbonyl (C=O) groups is 1. The van der Waals surface area contributed by atoms with Crippen LogP contribution in [0, 0.1) is 0 Å². The third-order valence-corrected chi connectivity index (χ3v) is 3.89. The van der Waals surface area contributed by atoms with Gasteiger partial charge in [-0.15, -0.1) is 11.3 Å². The fraction of sp³-hybridized carbons (Fsp3) is 0.583. The second-order valence-electron chi connectivity index (χ2n) is 4.66. The Bertz CT molecular complexity index is 403. The number of amides is 2. The van der Waals surface area contributed by atoms with E-state index in [9.17, 15) is 9.90 Å². The molecule has 1 aliphatic rings. The zero-order valence-corrected chi connectivity index (χ0v) is 10.9. The average Bonchev–Trinajstić information content (AvgIpc) is 2.70. The Kier molecular flexibility index (Phi) is 3.69. The number of nitrogens with one attached hydrogen (secondary N) is 2. The lowest BCUT2D eigenvalue weighted by atomic mass is 9.92. The summed E-state index contributed by atoms with van der Waals surface area (Å²) in [5, 5.41) is 17.6. The summed E-state index contributed by atoms with van der Waals surface area (Å²) in [5.41, 5.74) is 1.06. The minimum atomic E-state index is -0.365. The highest BCUT2D eigenvalue weighted by Crippen LogP contribution is 2.39. The van der Waals surface area contributed by atoms with Gasteiger partial charge in [-0.05, 0) is 43.7 Å². The Hall–Kier alpha value is -1.07. The lowest BCUT2D eigenvalue weighted by Crippen LogP contribution is -2.42. The molecular weight excluding hydrogens is 236 g/mol. The van der Waals surface area contributed by atoms with Gasteiger partial charge < -0.3 is 15.7 Å². The second kappa shape index (κ2) is 5.06. The van der Waals surface area contributed by atoms with Crippen LogP contribution in [0.4, 0.5) is 4.79 Å². The summed E-state index contributed by atoms with van der Waals surface area (Å²) in [6.45, 7) is 3.86.